The Morgan fingerprint density at radius 1 is 1.28 bits per heavy atom. The van der Waals surface area contributed by atoms with Crippen LogP contribution in [0.15, 0.2) is 22.6 Å². The predicted octanol–water partition coefficient (Wildman–Crippen LogP) is 3.46. The number of hydrogen-bond donors (Lipinski definition) is 1. The number of ether oxygens (including phenoxy) is 1. The van der Waals surface area contributed by atoms with Crippen LogP contribution in [0, 0.1) is 0 Å². The monoisotopic (exact) mass is 247 g/mol. The molecule has 0 radical (unpaired) electrons. The van der Waals surface area contributed by atoms with Crippen LogP contribution in [0.5, 0.6) is 5.75 Å². The molecule has 1 aromatic carbocycles. The van der Waals surface area contributed by atoms with Crippen LogP contribution >= 0.6 is 0 Å². The highest BCUT2D eigenvalue weighted by atomic mass is 16.5. The molecule has 0 saturated heterocycles. The quantitative estimate of drug-likeness (QED) is 0.902. The van der Waals surface area contributed by atoms with Crippen LogP contribution in [0.3, 0.4) is 0 Å². The van der Waals surface area contributed by atoms with E-state index in [2.05, 4.69) is 32.2 Å². The summed E-state index contributed by atoms with van der Waals surface area (Å²) in [7, 11) is 3.60. The molecule has 2 rings (SSSR count). The molecule has 18 heavy (non-hydrogen) atoms. The van der Waals surface area contributed by atoms with Crippen molar-refractivity contribution in [2.75, 3.05) is 14.2 Å². The number of para-hydroxylation sites is 1. The van der Waals surface area contributed by atoms with Gasteiger partial charge in [0.1, 0.15) is 5.76 Å². The molecular weight excluding hydrogens is 226 g/mol. The average molecular weight is 247 g/mol. The van der Waals surface area contributed by atoms with Gasteiger partial charge in [0.25, 0.3) is 0 Å². The van der Waals surface area contributed by atoms with Gasteiger partial charge in [-0.15, -0.1) is 0 Å². The van der Waals surface area contributed by atoms with Crippen molar-refractivity contribution in [3.63, 3.8) is 0 Å². The average Bonchev–Trinajstić information content (AvgIpc) is 2.66. The first-order valence-corrected chi connectivity index (χ1v) is 6.22. The van der Waals surface area contributed by atoms with E-state index in [-0.39, 0.29) is 5.41 Å². The van der Waals surface area contributed by atoms with Crippen molar-refractivity contribution >= 4 is 11.0 Å². The van der Waals surface area contributed by atoms with E-state index in [9.17, 15) is 0 Å². The first kappa shape index (κ1) is 13.0. The number of rotatable bonds is 3. The predicted molar refractivity (Wildman–Crippen MR) is 74.2 cm³/mol. The summed E-state index contributed by atoms with van der Waals surface area (Å²) >= 11 is 0. The minimum absolute atomic E-state index is 0.0454. The van der Waals surface area contributed by atoms with Gasteiger partial charge < -0.3 is 14.5 Å². The van der Waals surface area contributed by atoms with Gasteiger partial charge in [0, 0.05) is 10.9 Å². The van der Waals surface area contributed by atoms with Crippen LogP contribution in [0.4, 0.5) is 0 Å². The third-order valence-electron chi connectivity index (χ3n) is 3.06. The molecule has 0 unspecified atom stereocenters. The maximum absolute atomic E-state index is 6.00. The Labute approximate surface area is 108 Å². The van der Waals surface area contributed by atoms with Crippen LogP contribution in [0.1, 0.15) is 32.1 Å². The molecule has 0 aliphatic carbocycles. The zero-order valence-corrected chi connectivity index (χ0v) is 11.8. The molecule has 0 amide bonds. The first-order valence-electron chi connectivity index (χ1n) is 6.22. The second kappa shape index (κ2) is 4.65. The zero-order chi connectivity index (χ0) is 13.3. The highest BCUT2D eigenvalue weighted by Crippen LogP contribution is 2.39. The minimum Gasteiger partial charge on any atom is -0.493 e. The van der Waals surface area contributed by atoms with Gasteiger partial charge in [0.2, 0.25) is 0 Å². The Balaban J connectivity index is 2.75. The van der Waals surface area contributed by atoms with Crippen molar-refractivity contribution in [2.45, 2.75) is 32.7 Å². The summed E-state index contributed by atoms with van der Waals surface area (Å²) in [4.78, 5) is 0. The molecule has 0 aliphatic rings. The fourth-order valence-corrected chi connectivity index (χ4v) is 2.41. The maximum atomic E-state index is 6.00. The lowest BCUT2D eigenvalue weighted by Gasteiger charge is -2.19. The summed E-state index contributed by atoms with van der Waals surface area (Å²) in [6.07, 6.45) is 0. The lowest BCUT2D eigenvalue weighted by atomic mass is 9.84. The Hall–Kier alpha value is -1.48. The van der Waals surface area contributed by atoms with E-state index in [0.717, 1.165) is 29.0 Å². The summed E-state index contributed by atoms with van der Waals surface area (Å²) in [5, 5.41) is 4.31. The van der Waals surface area contributed by atoms with Crippen LogP contribution in [0.2, 0.25) is 0 Å². The van der Waals surface area contributed by atoms with Crippen LogP contribution < -0.4 is 10.1 Å². The highest BCUT2D eigenvalue weighted by Gasteiger charge is 2.25. The molecule has 1 aromatic heterocycles. The SMILES string of the molecule is CNCc1oc2c(OC)cccc2c1C(C)(C)C. The molecule has 1 N–H and O–H groups in total. The third-order valence-corrected chi connectivity index (χ3v) is 3.06. The Morgan fingerprint density at radius 2 is 2.00 bits per heavy atom. The third kappa shape index (κ3) is 2.10. The molecule has 0 bridgehead atoms. The molecule has 1 heterocycles. The molecular formula is C15H21NO2. The Kier molecular flexibility index (Phi) is 3.35. The Bertz CT molecular complexity index is 549. The fourth-order valence-electron chi connectivity index (χ4n) is 2.41. The second-order valence-corrected chi connectivity index (χ2v) is 5.52. The first-order chi connectivity index (χ1) is 8.49. The van der Waals surface area contributed by atoms with Crippen molar-refractivity contribution in [2.24, 2.45) is 0 Å². The Morgan fingerprint density at radius 3 is 2.56 bits per heavy atom. The van der Waals surface area contributed by atoms with E-state index in [1.54, 1.807) is 7.11 Å². The van der Waals surface area contributed by atoms with E-state index < -0.39 is 0 Å². The summed E-state index contributed by atoms with van der Waals surface area (Å²) in [6.45, 7) is 7.34. The van der Waals surface area contributed by atoms with Crippen molar-refractivity contribution in [3.8, 4) is 5.75 Å². The summed E-state index contributed by atoms with van der Waals surface area (Å²) in [5.41, 5.74) is 2.14. The number of hydrogen-bond acceptors (Lipinski definition) is 3. The molecule has 0 spiro atoms. The molecule has 0 atom stereocenters. The topological polar surface area (TPSA) is 34.4 Å². The number of benzene rings is 1. The zero-order valence-electron chi connectivity index (χ0n) is 11.8. The van der Waals surface area contributed by atoms with Gasteiger partial charge >= 0.3 is 0 Å². The highest BCUT2D eigenvalue weighted by molar-refractivity contribution is 5.88. The van der Waals surface area contributed by atoms with Crippen LogP contribution in [-0.4, -0.2) is 14.2 Å². The molecule has 3 nitrogen and oxygen atoms in total. The smallest absolute Gasteiger partial charge is 0.176 e. The summed E-state index contributed by atoms with van der Waals surface area (Å²) < 4.78 is 11.4. The molecule has 98 valence electrons. The standard InChI is InChI=1S/C15H21NO2/c1-15(2,3)13-10-7-6-8-11(17-5)14(10)18-12(13)9-16-4/h6-8,16H,9H2,1-5H3. The van der Waals surface area contributed by atoms with E-state index in [1.165, 1.54) is 5.56 Å². The van der Waals surface area contributed by atoms with Gasteiger partial charge in [-0.05, 0) is 18.5 Å². The van der Waals surface area contributed by atoms with Crippen molar-refractivity contribution in [1.29, 1.82) is 0 Å². The van der Waals surface area contributed by atoms with Gasteiger partial charge in [-0.3, -0.25) is 0 Å². The molecule has 3 heteroatoms. The molecule has 0 aliphatic heterocycles. The fraction of sp³-hybridized carbons (Fsp3) is 0.467. The van der Waals surface area contributed by atoms with Gasteiger partial charge in [-0.25, -0.2) is 0 Å². The number of nitrogens with one attached hydrogen (secondary N) is 1. The molecule has 0 fully saturated rings. The van der Waals surface area contributed by atoms with Crippen LogP contribution in [0.25, 0.3) is 11.0 Å². The summed E-state index contributed by atoms with van der Waals surface area (Å²) in [6, 6.07) is 6.04. The van der Waals surface area contributed by atoms with Gasteiger partial charge in [-0.1, -0.05) is 32.9 Å². The van der Waals surface area contributed by atoms with Gasteiger partial charge in [0.15, 0.2) is 11.3 Å². The number of fused-ring (bicyclic) bond motifs is 1. The lowest BCUT2D eigenvalue weighted by molar-refractivity contribution is 0.405. The largest absolute Gasteiger partial charge is 0.493 e. The van der Waals surface area contributed by atoms with E-state index >= 15 is 0 Å². The summed E-state index contributed by atoms with van der Waals surface area (Å²) in [5.74, 6) is 1.78. The van der Waals surface area contributed by atoms with E-state index in [4.69, 9.17) is 9.15 Å². The van der Waals surface area contributed by atoms with Crippen molar-refractivity contribution < 1.29 is 9.15 Å². The lowest BCUT2D eigenvalue weighted by Crippen LogP contribution is -2.15. The van der Waals surface area contributed by atoms with Crippen LogP contribution in [-0.2, 0) is 12.0 Å². The van der Waals surface area contributed by atoms with Crippen molar-refractivity contribution in [1.82, 2.24) is 5.32 Å². The number of furan rings is 1. The second-order valence-electron chi connectivity index (χ2n) is 5.52. The maximum Gasteiger partial charge on any atom is 0.176 e. The van der Waals surface area contributed by atoms with Crippen molar-refractivity contribution in [3.05, 3.63) is 29.5 Å². The number of methoxy groups -OCH3 is 1. The van der Waals surface area contributed by atoms with E-state index in [0.29, 0.717) is 0 Å². The van der Waals surface area contributed by atoms with Gasteiger partial charge in [0.05, 0.1) is 13.7 Å². The minimum atomic E-state index is 0.0454. The molecule has 0 saturated carbocycles. The van der Waals surface area contributed by atoms with Gasteiger partial charge in [-0.2, -0.15) is 0 Å². The van der Waals surface area contributed by atoms with E-state index in [1.807, 2.05) is 19.2 Å². The normalized spacial score (nSPS) is 12.1. The molecule has 2 aromatic rings.